The molecule has 0 heterocycles. The molecule has 0 aromatic carbocycles. The predicted molar refractivity (Wildman–Crippen MR) is 279 cm³/mol. The van der Waals surface area contributed by atoms with Crippen LogP contribution in [0.1, 0.15) is 303 Å². The maximum Gasteiger partial charge on any atom is 0.306 e. The second-order valence-electron chi connectivity index (χ2n) is 19.2. The quantitative estimate of drug-likeness (QED) is 0.0262. The van der Waals surface area contributed by atoms with Crippen LogP contribution in [0.5, 0.6) is 0 Å². The van der Waals surface area contributed by atoms with Gasteiger partial charge < -0.3 is 14.2 Å². The first-order valence-electron chi connectivity index (χ1n) is 28.5. The Hall–Kier alpha value is -2.37. The normalized spacial score (nSPS) is 12.2. The highest BCUT2D eigenvalue weighted by molar-refractivity contribution is 5.71. The van der Waals surface area contributed by atoms with Gasteiger partial charge in [-0.2, -0.15) is 0 Å². The maximum atomic E-state index is 12.7. The van der Waals surface area contributed by atoms with E-state index in [-0.39, 0.29) is 31.1 Å². The van der Waals surface area contributed by atoms with E-state index in [4.69, 9.17) is 14.2 Å². The molecule has 0 aliphatic carbocycles. The summed E-state index contributed by atoms with van der Waals surface area (Å²) in [6.07, 6.45) is 64.6. The molecule has 0 fully saturated rings. The number of allylic oxidation sites excluding steroid dienone is 6. The maximum absolute atomic E-state index is 12.7. The fourth-order valence-electron chi connectivity index (χ4n) is 8.29. The van der Waals surface area contributed by atoms with Gasteiger partial charge in [0.05, 0.1) is 0 Å². The lowest BCUT2D eigenvalue weighted by Gasteiger charge is -2.18. The summed E-state index contributed by atoms with van der Waals surface area (Å²) in [6.45, 7) is 6.58. The number of ether oxygens (including phenoxy) is 3. The van der Waals surface area contributed by atoms with E-state index in [2.05, 4.69) is 57.2 Å². The Morgan fingerprint density at radius 2 is 0.554 bits per heavy atom. The predicted octanol–water partition coefficient (Wildman–Crippen LogP) is 18.9. The molecule has 6 nitrogen and oxygen atoms in total. The van der Waals surface area contributed by atoms with Crippen LogP contribution in [0.4, 0.5) is 0 Å². The van der Waals surface area contributed by atoms with Crippen molar-refractivity contribution in [3.05, 3.63) is 36.5 Å². The van der Waals surface area contributed by atoms with Gasteiger partial charge in [0.1, 0.15) is 13.2 Å². The van der Waals surface area contributed by atoms with Crippen LogP contribution < -0.4 is 0 Å². The zero-order valence-corrected chi connectivity index (χ0v) is 43.5. The minimum Gasteiger partial charge on any atom is -0.462 e. The van der Waals surface area contributed by atoms with Gasteiger partial charge in [-0.1, -0.05) is 243 Å². The van der Waals surface area contributed by atoms with Crippen LogP contribution in [0, 0.1) is 0 Å². The molecule has 0 spiro atoms. The highest BCUT2D eigenvalue weighted by Crippen LogP contribution is 2.16. The molecule has 6 heteroatoms. The molecular formula is C59H108O6. The second-order valence-corrected chi connectivity index (χ2v) is 19.2. The third-order valence-electron chi connectivity index (χ3n) is 12.6. The van der Waals surface area contributed by atoms with Crippen LogP contribution in [-0.4, -0.2) is 37.2 Å². The first-order chi connectivity index (χ1) is 32.0. The fraction of sp³-hybridized carbons (Fsp3) is 0.847. The second kappa shape index (κ2) is 54.2. The molecule has 0 aliphatic heterocycles. The molecule has 0 bridgehead atoms. The van der Waals surface area contributed by atoms with Crippen molar-refractivity contribution in [3.8, 4) is 0 Å². The molecule has 0 aromatic rings. The summed E-state index contributed by atoms with van der Waals surface area (Å²) in [5, 5.41) is 0. The Bertz CT molecular complexity index is 1090. The smallest absolute Gasteiger partial charge is 0.306 e. The molecule has 380 valence electrons. The molecule has 0 saturated heterocycles. The van der Waals surface area contributed by atoms with Crippen molar-refractivity contribution in [1.29, 1.82) is 0 Å². The van der Waals surface area contributed by atoms with Crippen molar-refractivity contribution in [3.63, 3.8) is 0 Å². The number of unbranched alkanes of at least 4 members (excludes halogenated alkanes) is 35. The average molecular weight is 914 g/mol. The molecule has 0 aliphatic rings. The van der Waals surface area contributed by atoms with Gasteiger partial charge in [0, 0.05) is 19.3 Å². The van der Waals surface area contributed by atoms with Gasteiger partial charge in [-0.05, 0) is 77.0 Å². The van der Waals surface area contributed by atoms with Gasteiger partial charge in [0.25, 0.3) is 0 Å². The van der Waals surface area contributed by atoms with Gasteiger partial charge >= 0.3 is 17.9 Å². The van der Waals surface area contributed by atoms with Crippen LogP contribution in [0.3, 0.4) is 0 Å². The summed E-state index contributed by atoms with van der Waals surface area (Å²) in [6, 6.07) is 0. The monoisotopic (exact) mass is 913 g/mol. The van der Waals surface area contributed by atoms with Crippen LogP contribution in [0.25, 0.3) is 0 Å². The highest BCUT2D eigenvalue weighted by atomic mass is 16.6. The number of rotatable bonds is 52. The highest BCUT2D eigenvalue weighted by Gasteiger charge is 2.19. The molecule has 0 radical (unpaired) electrons. The lowest BCUT2D eigenvalue weighted by atomic mass is 10.0. The number of carbonyl (C=O) groups is 3. The largest absolute Gasteiger partial charge is 0.462 e. The third-order valence-corrected chi connectivity index (χ3v) is 12.6. The zero-order chi connectivity index (χ0) is 47.2. The van der Waals surface area contributed by atoms with Gasteiger partial charge in [-0.3, -0.25) is 14.4 Å². The van der Waals surface area contributed by atoms with E-state index in [0.29, 0.717) is 19.3 Å². The molecule has 0 aromatic heterocycles. The summed E-state index contributed by atoms with van der Waals surface area (Å²) in [5.74, 6) is -0.879. The molecular weight excluding hydrogens is 805 g/mol. The van der Waals surface area contributed by atoms with E-state index in [1.807, 2.05) is 0 Å². The summed E-state index contributed by atoms with van der Waals surface area (Å²) >= 11 is 0. The topological polar surface area (TPSA) is 78.9 Å². The van der Waals surface area contributed by atoms with Crippen molar-refractivity contribution in [2.75, 3.05) is 13.2 Å². The standard InChI is InChI=1S/C59H108O6/c1-4-7-10-13-16-18-20-22-24-25-26-27-28-29-30-31-32-33-34-35-36-38-39-41-43-46-49-52-58(61)64-55-56(54-63-57(60)51-48-45-15-12-9-6-3)65-59(62)53-50-47-44-42-40-37-23-21-19-17-14-11-8-5-2/h20-23,25-26,56H,4-19,24,27-55H2,1-3H3/b22-20-,23-21-,26-25-. The van der Waals surface area contributed by atoms with E-state index in [1.54, 1.807) is 0 Å². The number of carbonyl (C=O) groups excluding carboxylic acids is 3. The molecule has 0 saturated carbocycles. The average Bonchev–Trinajstić information content (AvgIpc) is 3.30. The molecule has 65 heavy (non-hydrogen) atoms. The van der Waals surface area contributed by atoms with Gasteiger partial charge in [-0.15, -0.1) is 0 Å². The van der Waals surface area contributed by atoms with Crippen molar-refractivity contribution >= 4 is 17.9 Å². The van der Waals surface area contributed by atoms with Crippen LogP contribution in [0.2, 0.25) is 0 Å². The Balaban J connectivity index is 4.04. The van der Waals surface area contributed by atoms with E-state index in [9.17, 15) is 14.4 Å². The number of hydrogen-bond acceptors (Lipinski definition) is 6. The van der Waals surface area contributed by atoms with Crippen LogP contribution >= 0.6 is 0 Å². The number of hydrogen-bond donors (Lipinski definition) is 0. The molecule has 0 rings (SSSR count). The SMILES string of the molecule is CCCCCCC/C=C\C/C=C\CCCCCCCCCCCCCCCCCC(=O)OCC(COC(=O)CCCCCCCC)OC(=O)CCCCCCC/C=C\CCCCCCC. The fourth-order valence-corrected chi connectivity index (χ4v) is 8.29. The van der Waals surface area contributed by atoms with Crippen LogP contribution in [0.15, 0.2) is 36.5 Å². The lowest BCUT2D eigenvalue weighted by Crippen LogP contribution is -2.30. The van der Waals surface area contributed by atoms with E-state index in [0.717, 1.165) is 70.6 Å². The van der Waals surface area contributed by atoms with Crippen molar-refractivity contribution < 1.29 is 28.6 Å². The Kier molecular flexibility index (Phi) is 52.3. The molecule has 0 N–H and O–H groups in total. The Morgan fingerprint density at radius 3 is 0.862 bits per heavy atom. The van der Waals surface area contributed by atoms with Gasteiger partial charge in [0.2, 0.25) is 0 Å². The molecule has 0 amide bonds. The minimum atomic E-state index is -0.770. The summed E-state index contributed by atoms with van der Waals surface area (Å²) < 4.78 is 16.7. The zero-order valence-electron chi connectivity index (χ0n) is 43.5. The van der Waals surface area contributed by atoms with Crippen molar-refractivity contribution in [2.45, 2.75) is 309 Å². The van der Waals surface area contributed by atoms with Gasteiger partial charge in [-0.25, -0.2) is 0 Å². The van der Waals surface area contributed by atoms with Crippen molar-refractivity contribution in [2.24, 2.45) is 0 Å². The third kappa shape index (κ3) is 52.5. The van der Waals surface area contributed by atoms with Crippen molar-refractivity contribution in [1.82, 2.24) is 0 Å². The summed E-state index contributed by atoms with van der Waals surface area (Å²) in [7, 11) is 0. The summed E-state index contributed by atoms with van der Waals surface area (Å²) in [4.78, 5) is 37.8. The van der Waals surface area contributed by atoms with Gasteiger partial charge in [0.15, 0.2) is 6.10 Å². The first kappa shape index (κ1) is 62.6. The molecule has 1 unspecified atom stereocenters. The van der Waals surface area contributed by atoms with E-state index in [1.165, 1.54) is 193 Å². The first-order valence-corrected chi connectivity index (χ1v) is 28.5. The summed E-state index contributed by atoms with van der Waals surface area (Å²) in [5.41, 5.74) is 0. The van der Waals surface area contributed by atoms with E-state index < -0.39 is 6.10 Å². The minimum absolute atomic E-state index is 0.0726. The van der Waals surface area contributed by atoms with Crippen LogP contribution in [-0.2, 0) is 28.6 Å². The lowest BCUT2D eigenvalue weighted by molar-refractivity contribution is -0.167. The Labute approximate surface area is 404 Å². The Morgan fingerprint density at radius 1 is 0.308 bits per heavy atom. The van der Waals surface area contributed by atoms with E-state index >= 15 is 0 Å². The molecule has 1 atom stereocenters. The number of esters is 3.